The van der Waals surface area contributed by atoms with Gasteiger partial charge in [-0.25, -0.2) is 4.57 Å². The molecule has 0 saturated heterocycles. The Bertz CT molecular complexity index is 420. The summed E-state index contributed by atoms with van der Waals surface area (Å²) in [4.78, 5) is 11.0. The molecule has 2 N–H and O–H groups in total. The van der Waals surface area contributed by atoms with E-state index in [-0.39, 0.29) is 22.9 Å². The predicted octanol–water partition coefficient (Wildman–Crippen LogP) is 1.78. The third-order valence-electron chi connectivity index (χ3n) is 4.45. The number of carbonyl (C=O) groups is 1. The summed E-state index contributed by atoms with van der Waals surface area (Å²) in [6.45, 7) is 3.30. The maximum Gasteiger partial charge on any atom is 0.249 e. The second-order valence-corrected chi connectivity index (χ2v) is 6.58. The predicted molar refractivity (Wildman–Crippen MR) is 96.2 cm³/mol. The van der Waals surface area contributed by atoms with Crippen molar-refractivity contribution in [3.63, 3.8) is 0 Å². The van der Waals surface area contributed by atoms with E-state index in [4.69, 9.17) is 5.73 Å². The first-order valence-electron chi connectivity index (χ1n) is 9.53. The molecule has 0 unspecified atom stereocenters. The smallest absolute Gasteiger partial charge is 0.249 e. The molecule has 0 bridgehead atoms. The van der Waals surface area contributed by atoms with Crippen LogP contribution in [0.1, 0.15) is 94.3 Å². The van der Waals surface area contributed by atoms with Gasteiger partial charge in [0.1, 0.15) is 6.54 Å². The Labute approximate surface area is 158 Å². The van der Waals surface area contributed by atoms with Crippen LogP contribution in [0.25, 0.3) is 0 Å². The normalized spacial score (nSPS) is 10.4. The molecule has 1 rings (SSSR count). The molecule has 0 aliphatic rings. The fourth-order valence-electron chi connectivity index (χ4n) is 2.91. The molecular weight excluding hydrogens is 364 g/mol. The van der Waals surface area contributed by atoms with E-state index in [0.29, 0.717) is 5.56 Å². The molecule has 1 amide bonds. The zero-order chi connectivity index (χ0) is 16.8. The lowest BCUT2D eigenvalue weighted by Crippen LogP contribution is -3.00. The van der Waals surface area contributed by atoms with Gasteiger partial charge in [0.15, 0.2) is 12.4 Å². The second-order valence-electron chi connectivity index (χ2n) is 6.58. The number of halogens is 1. The van der Waals surface area contributed by atoms with Gasteiger partial charge in [-0.15, -0.1) is 0 Å². The minimum Gasteiger partial charge on any atom is -1.00 e. The molecule has 138 valence electrons. The molecule has 1 aromatic rings. The van der Waals surface area contributed by atoms with Crippen LogP contribution in [0, 0.1) is 0 Å². The summed E-state index contributed by atoms with van der Waals surface area (Å²) < 4.78 is 2.13. The monoisotopic (exact) mass is 398 g/mol. The van der Waals surface area contributed by atoms with Crippen molar-refractivity contribution in [1.82, 2.24) is 0 Å². The van der Waals surface area contributed by atoms with Gasteiger partial charge in [-0.05, 0) is 6.42 Å². The molecule has 1 heterocycles. The van der Waals surface area contributed by atoms with Crippen LogP contribution in [0.15, 0.2) is 24.5 Å². The van der Waals surface area contributed by atoms with Gasteiger partial charge >= 0.3 is 0 Å². The van der Waals surface area contributed by atoms with Crippen LogP contribution in [0.3, 0.4) is 0 Å². The molecule has 0 aromatic carbocycles. The van der Waals surface area contributed by atoms with Gasteiger partial charge in [-0.2, -0.15) is 0 Å². The quantitative estimate of drug-likeness (QED) is 0.376. The van der Waals surface area contributed by atoms with E-state index in [1.807, 2.05) is 12.4 Å². The molecule has 0 saturated carbocycles. The van der Waals surface area contributed by atoms with E-state index < -0.39 is 0 Å². The lowest BCUT2D eigenvalue weighted by atomic mass is 10.1. The highest BCUT2D eigenvalue weighted by atomic mass is 79.9. The van der Waals surface area contributed by atoms with Gasteiger partial charge in [-0.1, -0.05) is 71.1 Å². The number of pyridine rings is 1. The SMILES string of the molecule is CCCCCCCCCCCCCC[n+]1ccc(C(N)=O)cc1.[Br-]. The molecule has 3 nitrogen and oxygen atoms in total. The number of rotatable bonds is 14. The fraction of sp³-hybridized carbons (Fsp3) is 0.700. The van der Waals surface area contributed by atoms with Crippen LogP contribution in [-0.4, -0.2) is 5.91 Å². The first-order chi connectivity index (χ1) is 11.2. The average Bonchev–Trinajstić information content (AvgIpc) is 2.56. The van der Waals surface area contributed by atoms with E-state index in [0.717, 1.165) is 6.54 Å². The molecule has 0 spiro atoms. The van der Waals surface area contributed by atoms with Crippen LogP contribution in [-0.2, 0) is 6.54 Å². The maximum absolute atomic E-state index is 11.0. The maximum atomic E-state index is 11.0. The Morgan fingerprint density at radius 1 is 0.833 bits per heavy atom. The van der Waals surface area contributed by atoms with Crippen LogP contribution >= 0.6 is 0 Å². The van der Waals surface area contributed by atoms with E-state index >= 15 is 0 Å². The van der Waals surface area contributed by atoms with Gasteiger partial charge in [0, 0.05) is 18.6 Å². The van der Waals surface area contributed by atoms with Crippen LogP contribution in [0.5, 0.6) is 0 Å². The number of aryl methyl sites for hydroxylation is 1. The number of primary amides is 1. The Morgan fingerprint density at radius 3 is 1.67 bits per heavy atom. The number of unbranched alkanes of at least 4 members (excludes halogenated alkanes) is 11. The number of amides is 1. The molecule has 0 aliphatic carbocycles. The Kier molecular flexibility index (Phi) is 15.0. The number of hydrogen-bond acceptors (Lipinski definition) is 1. The number of carbonyl (C=O) groups excluding carboxylic acids is 1. The fourth-order valence-corrected chi connectivity index (χ4v) is 2.91. The summed E-state index contributed by atoms with van der Waals surface area (Å²) in [5, 5.41) is 0. The highest BCUT2D eigenvalue weighted by Gasteiger charge is 2.04. The van der Waals surface area contributed by atoms with Crippen molar-refractivity contribution in [2.45, 2.75) is 90.5 Å². The van der Waals surface area contributed by atoms with Crippen molar-refractivity contribution in [1.29, 1.82) is 0 Å². The van der Waals surface area contributed by atoms with E-state index in [2.05, 4.69) is 11.5 Å². The summed E-state index contributed by atoms with van der Waals surface area (Å²) in [7, 11) is 0. The number of hydrogen-bond donors (Lipinski definition) is 1. The van der Waals surface area contributed by atoms with Gasteiger partial charge in [0.05, 0.1) is 5.56 Å². The molecular formula is C20H35BrN2O. The third kappa shape index (κ3) is 11.6. The standard InChI is InChI=1S/C20H34N2O.BrH/c1-2-3-4-5-6-7-8-9-10-11-12-13-16-22-17-14-19(15-18-22)20(21)23;/h14-15,17-18H,2-13,16H2,1H3,(H-,21,23);1H. The van der Waals surface area contributed by atoms with Crippen molar-refractivity contribution in [3.05, 3.63) is 30.1 Å². The first kappa shape index (κ1) is 23.1. The summed E-state index contributed by atoms with van der Waals surface area (Å²) in [6, 6.07) is 3.59. The molecule has 24 heavy (non-hydrogen) atoms. The van der Waals surface area contributed by atoms with Crippen molar-refractivity contribution < 1.29 is 26.3 Å². The molecule has 4 heteroatoms. The summed E-state index contributed by atoms with van der Waals surface area (Å²) in [5.41, 5.74) is 5.82. The highest BCUT2D eigenvalue weighted by Crippen LogP contribution is 2.11. The first-order valence-corrected chi connectivity index (χ1v) is 9.53. The number of aromatic nitrogens is 1. The largest absolute Gasteiger partial charge is 1.00 e. The van der Waals surface area contributed by atoms with E-state index in [1.54, 1.807) is 12.1 Å². The number of nitrogens with two attached hydrogens (primary N) is 1. The summed E-state index contributed by atoms with van der Waals surface area (Å²) >= 11 is 0. The van der Waals surface area contributed by atoms with Gasteiger partial charge in [0.2, 0.25) is 5.91 Å². The minimum absolute atomic E-state index is 0. The van der Waals surface area contributed by atoms with E-state index in [9.17, 15) is 4.79 Å². The van der Waals surface area contributed by atoms with Crippen LogP contribution < -0.4 is 27.3 Å². The van der Waals surface area contributed by atoms with Gasteiger partial charge in [-0.3, -0.25) is 4.79 Å². The second kappa shape index (κ2) is 15.6. The van der Waals surface area contributed by atoms with Crippen molar-refractivity contribution in [2.75, 3.05) is 0 Å². The Morgan fingerprint density at radius 2 is 1.25 bits per heavy atom. The Hall–Kier alpha value is -0.900. The van der Waals surface area contributed by atoms with Crippen molar-refractivity contribution in [2.24, 2.45) is 5.73 Å². The molecule has 0 aliphatic heterocycles. The molecule has 1 aromatic heterocycles. The summed E-state index contributed by atoms with van der Waals surface area (Å²) in [6.07, 6.45) is 20.4. The lowest BCUT2D eigenvalue weighted by Gasteiger charge is -2.02. The summed E-state index contributed by atoms with van der Waals surface area (Å²) in [5.74, 6) is -0.359. The zero-order valence-electron chi connectivity index (χ0n) is 15.3. The third-order valence-corrected chi connectivity index (χ3v) is 4.45. The Balaban J connectivity index is 0.00000529. The molecule has 0 fully saturated rings. The van der Waals surface area contributed by atoms with Gasteiger partial charge in [0.25, 0.3) is 0 Å². The van der Waals surface area contributed by atoms with Crippen molar-refractivity contribution >= 4 is 5.91 Å². The average molecular weight is 399 g/mol. The van der Waals surface area contributed by atoms with Crippen molar-refractivity contribution in [3.8, 4) is 0 Å². The molecule has 0 radical (unpaired) electrons. The van der Waals surface area contributed by atoms with Gasteiger partial charge < -0.3 is 22.7 Å². The number of nitrogens with zero attached hydrogens (tertiary/aromatic N) is 1. The van der Waals surface area contributed by atoms with Crippen LogP contribution in [0.4, 0.5) is 0 Å². The zero-order valence-corrected chi connectivity index (χ0v) is 16.9. The van der Waals surface area contributed by atoms with E-state index in [1.165, 1.54) is 77.0 Å². The molecule has 0 atom stereocenters. The van der Waals surface area contributed by atoms with Crippen LogP contribution in [0.2, 0.25) is 0 Å². The minimum atomic E-state index is -0.359. The topological polar surface area (TPSA) is 47.0 Å². The lowest BCUT2D eigenvalue weighted by molar-refractivity contribution is -0.697. The highest BCUT2D eigenvalue weighted by molar-refractivity contribution is 5.92.